The summed E-state index contributed by atoms with van der Waals surface area (Å²) in [7, 11) is 0. The summed E-state index contributed by atoms with van der Waals surface area (Å²) >= 11 is 0. The zero-order chi connectivity index (χ0) is 23.3. The van der Waals surface area contributed by atoms with Crippen molar-refractivity contribution in [2.75, 3.05) is 6.54 Å². The fourth-order valence-electron chi connectivity index (χ4n) is 3.26. The molecule has 3 aromatic rings. The van der Waals surface area contributed by atoms with Gasteiger partial charge in [-0.15, -0.1) is 5.01 Å². The van der Waals surface area contributed by atoms with Gasteiger partial charge in [0.2, 0.25) is 0 Å². The molecule has 0 fully saturated rings. The second kappa shape index (κ2) is 9.63. The van der Waals surface area contributed by atoms with Gasteiger partial charge < -0.3 is 13.7 Å². The molecule has 170 valence electrons. The highest BCUT2D eigenvalue weighted by molar-refractivity contribution is 5.38. The Morgan fingerprint density at radius 3 is 2.00 bits per heavy atom. The third-order valence-electron chi connectivity index (χ3n) is 4.78. The first-order valence-electron chi connectivity index (χ1n) is 9.57. The van der Waals surface area contributed by atoms with Gasteiger partial charge in [-0.25, -0.2) is 20.2 Å². The molecular formula is C18H22N8O6. The minimum absolute atomic E-state index is 0.0126. The Hall–Kier alpha value is -4.36. The van der Waals surface area contributed by atoms with E-state index in [0.29, 0.717) is 0 Å². The van der Waals surface area contributed by atoms with E-state index in [4.69, 9.17) is 0 Å². The molecule has 32 heavy (non-hydrogen) atoms. The highest BCUT2D eigenvalue weighted by Crippen LogP contribution is 2.21. The van der Waals surface area contributed by atoms with Crippen molar-refractivity contribution in [1.29, 1.82) is 0 Å². The molecule has 0 aliphatic rings. The van der Waals surface area contributed by atoms with Gasteiger partial charge in [-0.1, -0.05) is 5.01 Å². The van der Waals surface area contributed by atoms with Crippen LogP contribution in [0.4, 0.5) is 5.69 Å². The Bertz CT molecular complexity index is 1090. The van der Waals surface area contributed by atoms with Crippen LogP contribution in [0.1, 0.15) is 11.1 Å². The van der Waals surface area contributed by atoms with Crippen molar-refractivity contribution in [3.8, 4) is 0 Å². The topological polar surface area (TPSA) is 151 Å². The lowest BCUT2D eigenvalue weighted by Gasteiger charge is -2.15. The zero-order valence-corrected chi connectivity index (χ0v) is 17.3. The van der Waals surface area contributed by atoms with Crippen molar-refractivity contribution >= 4 is 5.69 Å². The summed E-state index contributed by atoms with van der Waals surface area (Å²) in [4.78, 5) is 33.7. The second-order valence-corrected chi connectivity index (χ2v) is 7.23. The molecule has 3 heterocycles. The fourth-order valence-corrected chi connectivity index (χ4v) is 3.26. The van der Waals surface area contributed by atoms with Gasteiger partial charge in [0.1, 0.15) is 0 Å². The van der Waals surface area contributed by atoms with Crippen LogP contribution in [0.5, 0.6) is 0 Å². The molecule has 0 atom stereocenters. The molecule has 0 aliphatic heterocycles. The van der Waals surface area contributed by atoms with Gasteiger partial charge in [-0.3, -0.25) is 10.1 Å². The Labute approximate surface area is 181 Å². The predicted molar refractivity (Wildman–Crippen MR) is 111 cm³/mol. The van der Waals surface area contributed by atoms with E-state index >= 15 is 0 Å². The standard InChI is InChI=1S/C18H22N8O6/c1-16-4-8-20(10-16)14-22(25(29)30)9-5-17-11-21(12-18(17)24(27)28)15-23(26(31)32)13-19-6-2-3-7-19/h2-4,6-8,10-12H,5,9,13-15H2,1H3. The van der Waals surface area contributed by atoms with Crippen molar-refractivity contribution in [1.82, 2.24) is 23.7 Å². The van der Waals surface area contributed by atoms with Gasteiger partial charge in [-0.2, -0.15) is 0 Å². The summed E-state index contributed by atoms with van der Waals surface area (Å²) in [5.41, 5.74) is 0.973. The Balaban J connectivity index is 1.72. The molecule has 14 nitrogen and oxygen atoms in total. The molecule has 0 aromatic carbocycles. The van der Waals surface area contributed by atoms with Crippen LogP contribution in [0.15, 0.2) is 55.4 Å². The van der Waals surface area contributed by atoms with Gasteiger partial charge in [0.05, 0.1) is 17.7 Å². The lowest BCUT2D eigenvalue weighted by Crippen LogP contribution is -2.33. The summed E-state index contributed by atoms with van der Waals surface area (Å²) in [6.07, 6.45) is 9.45. The van der Waals surface area contributed by atoms with E-state index in [-0.39, 0.29) is 44.2 Å². The molecule has 0 saturated heterocycles. The molecule has 0 spiro atoms. The van der Waals surface area contributed by atoms with Crippen LogP contribution >= 0.6 is 0 Å². The van der Waals surface area contributed by atoms with Gasteiger partial charge in [-0.05, 0) is 30.7 Å². The monoisotopic (exact) mass is 446 g/mol. The first-order chi connectivity index (χ1) is 15.2. The average Bonchev–Trinajstić information content (AvgIpc) is 3.46. The van der Waals surface area contributed by atoms with E-state index in [2.05, 4.69) is 0 Å². The van der Waals surface area contributed by atoms with Crippen LogP contribution in [-0.2, 0) is 26.4 Å². The van der Waals surface area contributed by atoms with Crippen molar-refractivity contribution < 1.29 is 15.0 Å². The number of hydrazine groups is 2. The lowest BCUT2D eigenvalue weighted by molar-refractivity contribution is -0.670. The summed E-state index contributed by atoms with van der Waals surface area (Å²) in [6, 6.07) is 5.28. The van der Waals surface area contributed by atoms with E-state index in [1.165, 1.54) is 17.0 Å². The minimum Gasteiger partial charge on any atom is -0.331 e. The molecule has 0 unspecified atom stereocenters. The lowest BCUT2D eigenvalue weighted by atomic mass is 10.2. The molecule has 0 saturated carbocycles. The van der Waals surface area contributed by atoms with Gasteiger partial charge in [0.15, 0.2) is 30.1 Å². The summed E-state index contributed by atoms with van der Waals surface area (Å²) < 4.78 is 4.58. The molecule has 3 rings (SSSR count). The van der Waals surface area contributed by atoms with Crippen molar-refractivity contribution in [3.63, 3.8) is 0 Å². The first-order valence-corrected chi connectivity index (χ1v) is 9.57. The molecule has 0 bridgehead atoms. The quantitative estimate of drug-likeness (QED) is 0.303. The molecule has 0 N–H and O–H groups in total. The Morgan fingerprint density at radius 2 is 1.44 bits per heavy atom. The Kier molecular flexibility index (Phi) is 6.72. The third kappa shape index (κ3) is 5.62. The molecule has 0 radical (unpaired) electrons. The van der Waals surface area contributed by atoms with Gasteiger partial charge in [0, 0.05) is 43.0 Å². The summed E-state index contributed by atoms with van der Waals surface area (Å²) in [6.45, 7) is 1.50. The van der Waals surface area contributed by atoms with E-state index in [0.717, 1.165) is 15.6 Å². The van der Waals surface area contributed by atoms with E-state index in [1.54, 1.807) is 46.1 Å². The number of aromatic nitrogens is 3. The van der Waals surface area contributed by atoms with Crippen LogP contribution in [0.3, 0.4) is 0 Å². The van der Waals surface area contributed by atoms with E-state index in [1.807, 2.05) is 13.0 Å². The van der Waals surface area contributed by atoms with Crippen molar-refractivity contribution in [2.24, 2.45) is 0 Å². The predicted octanol–water partition coefficient (Wildman–Crippen LogP) is 2.11. The molecule has 14 heteroatoms. The van der Waals surface area contributed by atoms with Gasteiger partial charge in [0.25, 0.3) is 5.69 Å². The maximum absolute atomic E-state index is 11.5. The SMILES string of the molecule is Cc1ccn(CN(CCc2cn(CN(Cn3cccc3)[N+](=O)[O-])cc2[N+](=O)[O-])[N+](=O)[O-])c1. The second-order valence-electron chi connectivity index (χ2n) is 7.23. The average molecular weight is 446 g/mol. The highest BCUT2D eigenvalue weighted by atomic mass is 16.7. The zero-order valence-electron chi connectivity index (χ0n) is 17.3. The maximum Gasteiger partial charge on any atom is 0.290 e. The van der Waals surface area contributed by atoms with Crippen molar-refractivity contribution in [3.05, 3.63) is 96.9 Å². The number of hydrogen-bond donors (Lipinski definition) is 0. The summed E-state index contributed by atoms with van der Waals surface area (Å²) in [5.74, 6) is 0. The first kappa shape index (κ1) is 22.3. The third-order valence-corrected chi connectivity index (χ3v) is 4.78. The normalized spacial score (nSPS) is 10.8. The van der Waals surface area contributed by atoms with Crippen molar-refractivity contribution in [2.45, 2.75) is 33.4 Å². The van der Waals surface area contributed by atoms with E-state index in [9.17, 15) is 30.3 Å². The van der Waals surface area contributed by atoms with Crippen LogP contribution in [0.25, 0.3) is 0 Å². The van der Waals surface area contributed by atoms with E-state index < -0.39 is 15.0 Å². The number of aryl methyl sites for hydroxylation is 1. The Morgan fingerprint density at radius 1 is 0.812 bits per heavy atom. The number of hydrogen-bond acceptors (Lipinski definition) is 6. The number of rotatable bonds is 12. The van der Waals surface area contributed by atoms with Crippen LogP contribution < -0.4 is 0 Å². The molecule has 3 aromatic heterocycles. The number of nitrogens with zero attached hydrogens (tertiary/aromatic N) is 8. The smallest absolute Gasteiger partial charge is 0.290 e. The van der Waals surface area contributed by atoms with Crippen LogP contribution in [0.2, 0.25) is 0 Å². The van der Waals surface area contributed by atoms with Crippen LogP contribution in [-0.4, -0.2) is 45.3 Å². The molecule has 0 aliphatic carbocycles. The maximum atomic E-state index is 11.5. The highest BCUT2D eigenvalue weighted by Gasteiger charge is 2.23. The summed E-state index contributed by atoms with van der Waals surface area (Å²) in [5, 5.41) is 35.0. The van der Waals surface area contributed by atoms with Crippen LogP contribution in [0, 0.1) is 37.3 Å². The molecule has 0 amide bonds. The molecular weight excluding hydrogens is 424 g/mol. The van der Waals surface area contributed by atoms with Gasteiger partial charge >= 0.3 is 0 Å². The largest absolute Gasteiger partial charge is 0.331 e. The minimum atomic E-state index is -0.597. The number of nitro groups is 3. The fraction of sp³-hybridized carbons (Fsp3) is 0.333.